The molecule has 2 aromatic rings. The molecule has 0 spiro atoms. The number of carbonyl (C=O) groups is 2. The van der Waals surface area contributed by atoms with Crippen molar-refractivity contribution in [3.05, 3.63) is 66.9 Å². The first-order valence-corrected chi connectivity index (χ1v) is 9.40. The third-order valence-corrected chi connectivity index (χ3v) is 5.64. The van der Waals surface area contributed by atoms with E-state index < -0.39 is 11.1 Å². The van der Waals surface area contributed by atoms with Gasteiger partial charge in [0.25, 0.3) is 11.1 Å². The normalized spacial score (nSPS) is 16.1. The number of imide groups is 1. The molecule has 8 heteroatoms. The summed E-state index contributed by atoms with van der Waals surface area (Å²) in [5, 5.41) is 10.3. The molecular weight excluding hydrogens is 449 g/mol. The van der Waals surface area contributed by atoms with Gasteiger partial charge in [-0.15, -0.1) is 0 Å². The second-order valence-corrected chi connectivity index (χ2v) is 7.89. The number of aromatic hydroxyl groups is 1. The molecule has 3 rings (SSSR count). The van der Waals surface area contributed by atoms with Gasteiger partial charge in [0.15, 0.2) is 0 Å². The fourth-order valence-electron chi connectivity index (χ4n) is 2.26. The predicted octanol–water partition coefficient (Wildman–Crippen LogP) is 5.70. The van der Waals surface area contributed by atoms with Crippen LogP contribution in [0.25, 0.3) is 6.08 Å². The SMILES string of the molecule is O=C1S/C(=C\c2cc(Br)ccc2O)C(=O)N1Cc1c(Cl)cccc1Cl. The van der Waals surface area contributed by atoms with E-state index in [-0.39, 0.29) is 17.2 Å². The van der Waals surface area contributed by atoms with Gasteiger partial charge in [0, 0.05) is 25.6 Å². The van der Waals surface area contributed by atoms with Crippen LogP contribution in [0.3, 0.4) is 0 Å². The van der Waals surface area contributed by atoms with Crippen molar-refractivity contribution in [1.29, 1.82) is 0 Å². The van der Waals surface area contributed by atoms with Gasteiger partial charge in [0.05, 0.1) is 11.4 Å². The van der Waals surface area contributed by atoms with Crippen LogP contribution in [-0.4, -0.2) is 21.2 Å². The Morgan fingerprint density at radius 3 is 2.52 bits per heavy atom. The first kappa shape index (κ1) is 18.3. The number of halogens is 3. The fourth-order valence-corrected chi connectivity index (χ4v) is 3.98. The standard InChI is InChI=1S/C17H10BrCl2NO3S/c18-10-4-5-14(22)9(6-10)7-15-16(23)21(17(24)25-15)8-11-12(19)2-1-3-13(11)20/h1-7,22H,8H2/b15-7-. The Bertz CT molecular complexity index is 897. The maximum absolute atomic E-state index is 12.6. The van der Waals surface area contributed by atoms with Gasteiger partial charge in [-0.25, -0.2) is 0 Å². The van der Waals surface area contributed by atoms with E-state index in [2.05, 4.69) is 15.9 Å². The molecule has 0 unspecified atom stereocenters. The summed E-state index contributed by atoms with van der Waals surface area (Å²) in [4.78, 5) is 26.1. The van der Waals surface area contributed by atoms with E-state index in [9.17, 15) is 14.7 Å². The number of benzene rings is 2. The van der Waals surface area contributed by atoms with Gasteiger partial charge >= 0.3 is 0 Å². The third-order valence-electron chi connectivity index (χ3n) is 3.53. The Labute approximate surface area is 166 Å². The maximum Gasteiger partial charge on any atom is 0.293 e. The molecule has 0 aromatic heterocycles. The molecule has 0 saturated carbocycles. The van der Waals surface area contributed by atoms with Crippen LogP contribution in [0.15, 0.2) is 45.8 Å². The lowest BCUT2D eigenvalue weighted by Gasteiger charge is -2.14. The van der Waals surface area contributed by atoms with Crippen molar-refractivity contribution in [2.75, 3.05) is 0 Å². The third kappa shape index (κ3) is 3.87. The minimum Gasteiger partial charge on any atom is -0.507 e. The highest BCUT2D eigenvalue weighted by molar-refractivity contribution is 9.10. The summed E-state index contributed by atoms with van der Waals surface area (Å²) in [6.07, 6.45) is 1.49. The summed E-state index contributed by atoms with van der Waals surface area (Å²) in [5.74, 6) is -0.436. The minimum absolute atomic E-state index is 0.00895. The lowest BCUT2D eigenvalue weighted by Crippen LogP contribution is -2.27. The molecule has 0 aliphatic carbocycles. The van der Waals surface area contributed by atoms with E-state index in [1.54, 1.807) is 30.3 Å². The van der Waals surface area contributed by atoms with Crippen LogP contribution < -0.4 is 0 Å². The summed E-state index contributed by atoms with van der Waals surface area (Å²) in [5.41, 5.74) is 0.954. The topological polar surface area (TPSA) is 57.6 Å². The van der Waals surface area contributed by atoms with Crippen LogP contribution in [-0.2, 0) is 11.3 Å². The van der Waals surface area contributed by atoms with Crippen LogP contribution in [0, 0.1) is 0 Å². The summed E-state index contributed by atoms with van der Waals surface area (Å²) >= 11 is 16.3. The van der Waals surface area contributed by atoms with Crippen LogP contribution in [0.5, 0.6) is 5.75 Å². The largest absolute Gasteiger partial charge is 0.507 e. The highest BCUT2D eigenvalue weighted by Gasteiger charge is 2.35. The number of amides is 2. The van der Waals surface area contributed by atoms with Crippen molar-refractivity contribution >= 4 is 68.1 Å². The number of rotatable bonds is 3. The molecule has 1 N–H and O–H groups in total. The smallest absolute Gasteiger partial charge is 0.293 e. The van der Waals surface area contributed by atoms with Gasteiger partial charge in [-0.05, 0) is 48.2 Å². The average Bonchev–Trinajstić information content (AvgIpc) is 2.81. The van der Waals surface area contributed by atoms with E-state index in [0.717, 1.165) is 21.1 Å². The van der Waals surface area contributed by atoms with Crippen LogP contribution in [0.4, 0.5) is 4.79 Å². The monoisotopic (exact) mass is 457 g/mol. The minimum atomic E-state index is -0.453. The summed E-state index contributed by atoms with van der Waals surface area (Å²) in [7, 11) is 0. The van der Waals surface area contributed by atoms with E-state index in [0.29, 0.717) is 21.2 Å². The first-order chi connectivity index (χ1) is 11.9. The zero-order valence-corrected chi connectivity index (χ0v) is 16.4. The molecule has 1 aliphatic heterocycles. The number of carbonyl (C=O) groups excluding carboxylic acids is 2. The van der Waals surface area contributed by atoms with Gasteiger partial charge in [-0.2, -0.15) is 0 Å². The molecule has 1 fully saturated rings. The highest BCUT2D eigenvalue weighted by Crippen LogP contribution is 2.37. The highest BCUT2D eigenvalue weighted by atomic mass is 79.9. The molecule has 128 valence electrons. The predicted molar refractivity (Wildman–Crippen MR) is 104 cm³/mol. The quantitative estimate of drug-likeness (QED) is 0.599. The van der Waals surface area contributed by atoms with Crippen LogP contribution >= 0.6 is 50.9 Å². The average molecular weight is 459 g/mol. The number of hydrogen-bond acceptors (Lipinski definition) is 4. The number of phenolic OH excluding ortho intramolecular Hbond substituents is 1. The Kier molecular flexibility index (Phi) is 5.43. The molecule has 2 aromatic carbocycles. The second kappa shape index (κ2) is 7.41. The van der Waals surface area contributed by atoms with Crippen LogP contribution in [0.2, 0.25) is 10.0 Å². The van der Waals surface area contributed by atoms with E-state index >= 15 is 0 Å². The van der Waals surface area contributed by atoms with Gasteiger partial charge < -0.3 is 5.11 Å². The summed E-state index contributed by atoms with van der Waals surface area (Å²) < 4.78 is 0.749. The van der Waals surface area contributed by atoms with Crippen molar-refractivity contribution in [2.24, 2.45) is 0 Å². The molecule has 25 heavy (non-hydrogen) atoms. The zero-order valence-electron chi connectivity index (χ0n) is 12.5. The maximum atomic E-state index is 12.6. The molecule has 0 atom stereocenters. The summed E-state index contributed by atoms with van der Waals surface area (Å²) in [6, 6.07) is 9.84. The Morgan fingerprint density at radius 2 is 1.84 bits per heavy atom. The fraction of sp³-hybridized carbons (Fsp3) is 0.0588. The number of nitrogens with zero attached hydrogens (tertiary/aromatic N) is 1. The number of thioether (sulfide) groups is 1. The number of hydrogen-bond donors (Lipinski definition) is 1. The molecule has 1 aliphatic rings. The molecule has 0 bridgehead atoms. The van der Waals surface area contributed by atoms with Crippen molar-refractivity contribution in [2.45, 2.75) is 6.54 Å². The van der Waals surface area contributed by atoms with E-state index in [4.69, 9.17) is 23.2 Å². The Morgan fingerprint density at radius 1 is 1.16 bits per heavy atom. The second-order valence-electron chi connectivity index (χ2n) is 5.17. The molecule has 1 saturated heterocycles. The van der Waals surface area contributed by atoms with Crippen molar-refractivity contribution in [3.8, 4) is 5.75 Å². The van der Waals surface area contributed by atoms with Crippen LogP contribution in [0.1, 0.15) is 11.1 Å². The van der Waals surface area contributed by atoms with Gasteiger partial charge in [0.2, 0.25) is 0 Å². The van der Waals surface area contributed by atoms with Gasteiger partial charge in [0.1, 0.15) is 5.75 Å². The van der Waals surface area contributed by atoms with Crippen molar-refractivity contribution in [1.82, 2.24) is 4.90 Å². The Balaban J connectivity index is 1.90. The summed E-state index contributed by atoms with van der Waals surface area (Å²) in [6.45, 7) is -0.00895. The molecular formula is C17H10BrCl2NO3S. The van der Waals surface area contributed by atoms with Gasteiger partial charge in [-0.3, -0.25) is 14.5 Å². The lowest BCUT2D eigenvalue weighted by atomic mass is 10.1. The van der Waals surface area contributed by atoms with Gasteiger partial charge in [-0.1, -0.05) is 45.2 Å². The van der Waals surface area contributed by atoms with Crippen molar-refractivity contribution in [3.63, 3.8) is 0 Å². The zero-order chi connectivity index (χ0) is 18.1. The van der Waals surface area contributed by atoms with E-state index in [1.807, 2.05) is 0 Å². The first-order valence-electron chi connectivity index (χ1n) is 7.03. The lowest BCUT2D eigenvalue weighted by molar-refractivity contribution is -0.123. The number of phenols is 1. The molecule has 2 amide bonds. The van der Waals surface area contributed by atoms with Crippen molar-refractivity contribution < 1.29 is 14.7 Å². The Hall–Kier alpha value is -1.47. The molecule has 4 nitrogen and oxygen atoms in total. The van der Waals surface area contributed by atoms with E-state index in [1.165, 1.54) is 12.1 Å². The molecule has 0 radical (unpaired) electrons. The molecule has 1 heterocycles.